The number of likely N-dealkylation sites (tertiary alicyclic amines) is 1. The van der Waals surface area contributed by atoms with E-state index in [9.17, 15) is 9.90 Å². The van der Waals surface area contributed by atoms with Gasteiger partial charge >= 0.3 is 0 Å². The van der Waals surface area contributed by atoms with Crippen LogP contribution < -0.4 is 15.7 Å². The van der Waals surface area contributed by atoms with Crippen molar-refractivity contribution in [1.82, 2.24) is 10.8 Å². The fraction of sp³-hybridized carbons (Fsp3) is 0.703. The molecule has 4 aliphatic carbocycles. The highest BCUT2D eigenvalue weighted by atomic mass is 16.6. The minimum absolute atomic E-state index is 0.00223. The first kappa shape index (κ1) is 30.9. The maximum atomic E-state index is 12.8. The highest BCUT2D eigenvalue weighted by Gasteiger charge is 2.58. The van der Waals surface area contributed by atoms with Gasteiger partial charge in [0, 0.05) is 24.3 Å². The lowest BCUT2D eigenvalue weighted by Crippen LogP contribution is -3.15. The Hall–Kier alpha value is -2.15. The average Bonchev–Trinajstić information content (AvgIpc) is 3.30. The van der Waals surface area contributed by atoms with Crippen molar-refractivity contribution in [2.24, 2.45) is 34.5 Å². The van der Waals surface area contributed by atoms with E-state index in [-0.39, 0.29) is 34.9 Å². The normalized spacial score (nSPS) is 42.1. The molecular formula is C37H56N3O3+. The highest BCUT2D eigenvalue weighted by molar-refractivity contribution is 5.77. The van der Waals surface area contributed by atoms with Crippen LogP contribution in [0, 0.1) is 34.5 Å². The number of carbonyl (C=O) groups is 1. The average molecular weight is 591 g/mol. The summed E-state index contributed by atoms with van der Waals surface area (Å²) in [7, 11) is 2.30. The van der Waals surface area contributed by atoms with Gasteiger partial charge in [-0.3, -0.25) is 15.1 Å². The van der Waals surface area contributed by atoms with Gasteiger partial charge in [-0.05, 0) is 98.5 Å². The largest absolute Gasteiger partial charge is 0.393 e. The molecule has 6 nitrogen and oxygen atoms in total. The Labute approximate surface area is 259 Å². The first-order valence-corrected chi connectivity index (χ1v) is 17.2. The van der Waals surface area contributed by atoms with Gasteiger partial charge < -0.3 is 15.3 Å². The van der Waals surface area contributed by atoms with Crippen LogP contribution in [0.15, 0.2) is 53.8 Å². The van der Waals surface area contributed by atoms with E-state index in [0.717, 1.165) is 56.7 Å². The molecule has 1 unspecified atom stereocenters. The topological polar surface area (TPSA) is 75.0 Å². The van der Waals surface area contributed by atoms with Gasteiger partial charge in [0.2, 0.25) is 5.91 Å². The number of amides is 1. The summed E-state index contributed by atoms with van der Waals surface area (Å²) in [5.41, 5.74) is 7.40. The molecular weight excluding hydrogens is 534 g/mol. The summed E-state index contributed by atoms with van der Waals surface area (Å²) in [6, 6.07) is 11.5. The van der Waals surface area contributed by atoms with Crippen molar-refractivity contribution in [2.75, 3.05) is 26.7 Å². The monoisotopic (exact) mass is 590 g/mol. The predicted octanol–water partition coefficient (Wildman–Crippen LogP) is 4.71. The third-order valence-electron chi connectivity index (χ3n) is 13.5. The van der Waals surface area contributed by atoms with Gasteiger partial charge in [0.15, 0.2) is 6.61 Å². The van der Waals surface area contributed by atoms with Gasteiger partial charge in [-0.25, -0.2) is 0 Å². The second-order valence-electron chi connectivity index (χ2n) is 15.6. The van der Waals surface area contributed by atoms with Crippen LogP contribution >= 0.6 is 0 Å². The van der Waals surface area contributed by atoms with E-state index in [4.69, 9.17) is 4.84 Å². The number of aliphatic hydroxyl groups is 1. The van der Waals surface area contributed by atoms with Gasteiger partial charge in [-0.2, -0.15) is 0 Å². The number of fused-ring (bicyclic) bond motifs is 5. The fourth-order valence-corrected chi connectivity index (χ4v) is 10.6. The lowest BCUT2D eigenvalue weighted by molar-refractivity contribution is -0.915. The fourth-order valence-electron chi connectivity index (χ4n) is 10.6. The molecule has 4 N–H and O–H groups in total. The Morgan fingerprint density at radius 2 is 1.88 bits per heavy atom. The summed E-state index contributed by atoms with van der Waals surface area (Å²) < 4.78 is 0. The molecule has 0 radical (unpaired) electrons. The number of allylic oxidation sites excluding steroid dienone is 3. The van der Waals surface area contributed by atoms with E-state index in [1.165, 1.54) is 30.4 Å². The zero-order chi connectivity index (χ0) is 30.4. The molecule has 1 aromatic rings. The van der Waals surface area contributed by atoms with Crippen LogP contribution in [0.4, 0.5) is 0 Å². The van der Waals surface area contributed by atoms with E-state index in [2.05, 4.69) is 88.0 Å². The van der Waals surface area contributed by atoms with Crippen molar-refractivity contribution in [3.05, 3.63) is 59.3 Å². The van der Waals surface area contributed by atoms with Crippen LogP contribution in [0.3, 0.4) is 0 Å². The van der Waals surface area contributed by atoms with Crippen molar-refractivity contribution in [3.63, 3.8) is 0 Å². The minimum Gasteiger partial charge on any atom is -0.393 e. The molecule has 43 heavy (non-hydrogen) atoms. The molecule has 6 rings (SSSR count). The second kappa shape index (κ2) is 12.0. The number of quaternary nitrogens is 1. The van der Waals surface area contributed by atoms with Crippen LogP contribution in [0.5, 0.6) is 0 Å². The molecule has 6 heteroatoms. The molecule has 4 fully saturated rings. The quantitative estimate of drug-likeness (QED) is 0.331. The molecule has 1 aromatic carbocycles. The van der Waals surface area contributed by atoms with Crippen LogP contribution in [0.25, 0.3) is 0 Å². The summed E-state index contributed by atoms with van der Waals surface area (Å²) >= 11 is 0. The number of hydroxylamine groups is 1. The highest BCUT2D eigenvalue weighted by Crippen LogP contribution is 2.65. The number of hydrogen-bond acceptors (Lipinski definition) is 4. The van der Waals surface area contributed by atoms with Gasteiger partial charge in [0.1, 0.15) is 0 Å². The predicted molar refractivity (Wildman–Crippen MR) is 171 cm³/mol. The van der Waals surface area contributed by atoms with Gasteiger partial charge in [0.05, 0.1) is 31.4 Å². The molecule has 1 saturated heterocycles. The summed E-state index contributed by atoms with van der Waals surface area (Å²) in [4.78, 5) is 20.1. The third kappa shape index (κ3) is 5.50. The molecule has 1 aliphatic heterocycles. The Kier molecular flexibility index (Phi) is 8.60. The summed E-state index contributed by atoms with van der Waals surface area (Å²) in [5, 5.41) is 13.9. The number of aliphatic hydroxyl groups excluding tert-OH is 1. The Morgan fingerprint density at radius 1 is 1.09 bits per heavy atom. The van der Waals surface area contributed by atoms with E-state index in [1.807, 2.05) is 0 Å². The molecule has 0 bridgehead atoms. The first-order chi connectivity index (χ1) is 20.6. The molecule has 1 amide bonds. The van der Waals surface area contributed by atoms with Crippen molar-refractivity contribution >= 4 is 5.91 Å². The van der Waals surface area contributed by atoms with Crippen LogP contribution in [-0.2, 0) is 15.0 Å². The summed E-state index contributed by atoms with van der Waals surface area (Å²) in [6.07, 6.45) is 14.4. The van der Waals surface area contributed by atoms with Gasteiger partial charge in [-0.15, -0.1) is 0 Å². The lowest BCUT2D eigenvalue weighted by atomic mass is 9.48. The van der Waals surface area contributed by atoms with Crippen LogP contribution in [0.2, 0.25) is 0 Å². The Bertz CT molecular complexity index is 1230. The molecule has 3 saturated carbocycles. The third-order valence-corrected chi connectivity index (χ3v) is 13.5. The van der Waals surface area contributed by atoms with E-state index in [1.54, 1.807) is 4.90 Å². The molecule has 10 atom stereocenters. The number of rotatable bonds is 8. The molecule has 5 aliphatic rings. The maximum Gasteiger partial charge on any atom is 0.248 e. The number of piperidine rings is 1. The zero-order valence-corrected chi connectivity index (χ0v) is 27.3. The van der Waals surface area contributed by atoms with E-state index < -0.39 is 0 Å². The maximum absolute atomic E-state index is 12.8. The molecule has 236 valence electrons. The smallest absolute Gasteiger partial charge is 0.248 e. The zero-order valence-electron chi connectivity index (χ0n) is 27.3. The number of nitrogens with one attached hydrogen (secondary N) is 3. The summed E-state index contributed by atoms with van der Waals surface area (Å²) in [5.74, 6) is 2.55. The Morgan fingerprint density at radius 3 is 2.67 bits per heavy atom. The van der Waals surface area contributed by atoms with Crippen molar-refractivity contribution in [3.8, 4) is 0 Å². The second-order valence-corrected chi connectivity index (χ2v) is 15.6. The molecule has 1 heterocycles. The lowest BCUT2D eigenvalue weighted by Gasteiger charge is -2.57. The van der Waals surface area contributed by atoms with Crippen molar-refractivity contribution in [2.45, 2.75) is 103 Å². The van der Waals surface area contributed by atoms with E-state index in [0.29, 0.717) is 30.3 Å². The molecule has 0 aromatic heterocycles. The van der Waals surface area contributed by atoms with Crippen LogP contribution in [0.1, 0.15) is 91.0 Å². The van der Waals surface area contributed by atoms with E-state index >= 15 is 0 Å². The standard InChI is InChI=1S/C37H55N3O3/c1-25-23-40(5)26(2)22-37(25,27-9-7-6-8-10-27)19-20-38-34(42)24-43-39-29-15-17-35(3)28(21-29)11-12-30-31-13-14-33(41)36(31,4)18-16-32(30)35/h6-10,15,21,25-26,30-33,39,41H,11-14,16-20,22-24H2,1-5H3,(H,38,42)/p+1/t25-,26+,30+,31-,32+,33+,35+,36-,37-/m0/s1. The number of carbonyl (C=O) groups excluding carboxylic acids is 1. The minimum atomic E-state index is -0.119. The number of hydrogen-bond donors (Lipinski definition) is 4. The number of benzene rings is 1. The van der Waals surface area contributed by atoms with Gasteiger partial charge in [0.25, 0.3) is 0 Å². The van der Waals surface area contributed by atoms with Crippen molar-refractivity contribution < 1.29 is 19.6 Å². The Balaban J connectivity index is 1.00. The summed E-state index contributed by atoms with van der Waals surface area (Å²) in [6.45, 7) is 11.4. The van der Waals surface area contributed by atoms with Crippen molar-refractivity contribution in [1.29, 1.82) is 0 Å². The van der Waals surface area contributed by atoms with Gasteiger partial charge in [-0.1, -0.05) is 62.8 Å². The first-order valence-electron chi connectivity index (χ1n) is 17.2. The van der Waals surface area contributed by atoms with Crippen LogP contribution in [-0.4, -0.2) is 49.9 Å². The SMILES string of the molecule is C[C@@H]1C[C@](CCNC(=O)CONC2=CC[C@]3(C)C(=C2)CC[C@H]2[C@H]3CC[C@]3(C)[C@H](O)CC[C@@H]23)(c2ccccc2)[C@@H](C)C[NH+]1C. The molecule has 0 spiro atoms.